The van der Waals surface area contributed by atoms with Gasteiger partial charge in [-0.3, -0.25) is 0 Å². The number of nitrogens with one attached hydrogen (secondary N) is 6. The van der Waals surface area contributed by atoms with E-state index in [-0.39, 0.29) is 58.5 Å². The summed E-state index contributed by atoms with van der Waals surface area (Å²) in [7, 11) is 0. The fourth-order valence-corrected chi connectivity index (χ4v) is 13.4. The van der Waals surface area contributed by atoms with Crippen molar-refractivity contribution < 1.29 is 48.3 Å². The van der Waals surface area contributed by atoms with Gasteiger partial charge in [0.15, 0.2) is 12.2 Å². The molecule has 15 rings (SSSR count). The lowest BCUT2D eigenvalue weighted by molar-refractivity contribution is -0.139. The highest BCUT2D eigenvalue weighted by Gasteiger charge is 2.41. The lowest BCUT2D eigenvalue weighted by Crippen LogP contribution is -2.47. The molecule has 3 aliphatic heterocycles. The summed E-state index contributed by atoms with van der Waals surface area (Å²) in [6.45, 7) is 9.28. The Morgan fingerprint density at radius 2 is 1.00 bits per heavy atom. The number of piperidine rings is 3. The van der Waals surface area contributed by atoms with Crippen LogP contribution in [-0.2, 0) is 37.8 Å². The first-order valence-corrected chi connectivity index (χ1v) is 32.0. The summed E-state index contributed by atoms with van der Waals surface area (Å²) >= 11 is 1.53. The minimum Gasteiger partial charge on any atom is -0.445 e. The average molecular weight is 1330 g/mol. The van der Waals surface area contributed by atoms with Crippen LogP contribution >= 0.6 is 11.3 Å². The van der Waals surface area contributed by atoms with E-state index in [9.17, 15) is 39.5 Å². The van der Waals surface area contributed by atoms with Crippen LogP contribution in [0.1, 0.15) is 113 Å². The summed E-state index contributed by atoms with van der Waals surface area (Å²) in [6, 6.07) is 17.0. The third-order valence-electron chi connectivity index (χ3n) is 17.3. The van der Waals surface area contributed by atoms with Gasteiger partial charge in [0.1, 0.15) is 28.0 Å². The van der Waals surface area contributed by atoms with Crippen LogP contribution in [0.4, 0.5) is 57.4 Å². The minimum absolute atomic E-state index is 0.0454. The molecule has 0 bridgehead atoms. The average Bonchev–Trinajstić information content (AvgIpc) is 1.74. The second-order valence-electron chi connectivity index (χ2n) is 24.7. The number of anilines is 3. The third-order valence-corrected chi connectivity index (χ3v) is 18.1. The molecule has 6 N–H and O–H groups in total. The van der Waals surface area contributed by atoms with Crippen molar-refractivity contribution in [2.75, 3.05) is 55.2 Å². The summed E-state index contributed by atoms with van der Waals surface area (Å²) in [5.74, 6) is 1.73. The Balaban J connectivity index is 0.000000129. The normalized spacial score (nSPS) is 19.0. The van der Waals surface area contributed by atoms with Gasteiger partial charge in [0, 0.05) is 108 Å². The number of oxazole rings is 2. The molecule has 3 saturated heterocycles. The second kappa shape index (κ2) is 26.9. The molecular formula is C68H64F9N15O2S. The first-order valence-electron chi connectivity index (χ1n) is 31.1. The second-order valence-corrected chi connectivity index (χ2v) is 25.6. The van der Waals surface area contributed by atoms with Crippen molar-refractivity contribution in [1.82, 2.24) is 60.8 Å². The maximum Gasteiger partial charge on any atom is 0.419 e. The van der Waals surface area contributed by atoms with E-state index in [0.717, 1.165) is 138 Å². The van der Waals surface area contributed by atoms with E-state index >= 15 is 0 Å². The standard InChI is InChI=1S/C24H24F3N5S.2C22H20F3N5O/c1-23(2)10-16(11-28-13-23)31-22-30-12-19(24(25,26)27)20(32-22)18-6-3-14-9-15(4-5-17(14)18)21-29-7-8-33-21;23-22(24,25)18-10-28-21(29-15-2-1-7-26-9-15)30-20(18)17-6-3-13-8-14(4-5-16(13)17)19-11-27-12-31-19;23-22(24,25)18-12-28-21(29-15-2-1-7-26-11-15)30-19(18)17-6-3-13-10-14(4-5-16(13)17)20-27-8-9-31-20/h4-9,12,16,28H,3,10-11,13H2,1-2H3,(H,30,31,32);4-6,8,10-12,15,26H,1-3,7,9H2,(H,28,29,30);4-6,8-10,12,15,26H,1-3,7,11H2,(H,28,29,30)/t16-;2*15-/m000/s1. The molecule has 0 unspecified atom stereocenters. The molecule has 6 aliphatic rings. The van der Waals surface area contributed by atoms with Gasteiger partial charge < -0.3 is 40.7 Å². The Morgan fingerprint density at radius 1 is 0.526 bits per heavy atom. The van der Waals surface area contributed by atoms with Crippen molar-refractivity contribution in [3.8, 4) is 33.3 Å². The maximum atomic E-state index is 13.9. The van der Waals surface area contributed by atoms with Gasteiger partial charge in [0.05, 0.1) is 29.5 Å². The van der Waals surface area contributed by atoms with Crippen molar-refractivity contribution in [2.45, 2.75) is 102 Å². The highest BCUT2D eigenvalue weighted by Crippen LogP contribution is 2.45. The molecule has 9 aromatic rings. The third kappa shape index (κ3) is 14.7. The van der Waals surface area contributed by atoms with Gasteiger partial charge in [-0.15, -0.1) is 11.3 Å². The lowest BCUT2D eigenvalue weighted by atomic mass is 9.83. The molecule has 492 valence electrons. The number of allylic oxidation sites excluding steroid dienone is 3. The summed E-state index contributed by atoms with van der Waals surface area (Å²) in [5, 5.41) is 22.3. The highest BCUT2D eigenvalue weighted by molar-refractivity contribution is 7.13. The predicted molar refractivity (Wildman–Crippen MR) is 343 cm³/mol. The molecule has 3 fully saturated rings. The fourth-order valence-electron chi connectivity index (χ4n) is 12.8. The molecule has 3 aromatic carbocycles. The molecule has 6 aromatic heterocycles. The Morgan fingerprint density at radius 3 is 1.43 bits per heavy atom. The van der Waals surface area contributed by atoms with Crippen LogP contribution in [0, 0.1) is 5.41 Å². The molecule has 95 heavy (non-hydrogen) atoms. The minimum atomic E-state index is -4.55. The van der Waals surface area contributed by atoms with Gasteiger partial charge >= 0.3 is 18.5 Å². The van der Waals surface area contributed by atoms with E-state index in [4.69, 9.17) is 8.83 Å². The Hall–Kier alpha value is -9.18. The van der Waals surface area contributed by atoms with E-state index in [2.05, 4.69) is 90.6 Å². The number of halogens is 9. The zero-order valence-electron chi connectivity index (χ0n) is 51.4. The Labute approximate surface area is 543 Å². The molecule has 9 heterocycles. The van der Waals surface area contributed by atoms with Crippen LogP contribution < -0.4 is 31.9 Å². The summed E-state index contributed by atoms with van der Waals surface area (Å²) in [5.41, 5.74) is 6.35. The van der Waals surface area contributed by atoms with Crippen LogP contribution in [0.2, 0.25) is 0 Å². The number of rotatable bonds is 12. The van der Waals surface area contributed by atoms with Crippen LogP contribution in [0.25, 0.3) is 50.1 Å². The SMILES string of the molecule is CC1(C)CNC[C@@H](Nc2ncc(C(F)(F)F)c(C3=CCc4cc(-c5nccs5)ccc43)n2)C1.FC(F)(F)c1cnc(N[C@H]2CCCNC2)nc1C1=CCc2cc(-c3cnco3)ccc21.FC(F)(F)c1cnc(N[C@H]2CCCNC2)nc1C1=CCc2cc(-c3ncco3)ccc21. The molecule has 17 nitrogen and oxygen atoms in total. The number of hydrogen-bond acceptors (Lipinski definition) is 18. The van der Waals surface area contributed by atoms with Crippen LogP contribution in [-0.4, -0.2) is 102 Å². The van der Waals surface area contributed by atoms with Gasteiger partial charge in [-0.2, -0.15) is 39.5 Å². The molecule has 27 heteroatoms. The molecule has 0 amide bonds. The number of benzene rings is 3. The van der Waals surface area contributed by atoms with Crippen LogP contribution in [0.3, 0.4) is 0 Å². The van der Waals surface area contributed by atoms with E-state index in [1.54, 1.807) is 42.9 Å². The number of aromatic nitrogens is 9. The molecular weight excluding hydrogens is 1260 g/mol. The number of hydrogen-bond donors (Lipinski definition) is 6. The molecule has 0 radical (unpaired) electrons. The quantitative estimate of drug-likeness (QED) is 0.0627. The van der Waals surface area contributed by atoms with Gasteiger partial charge in [-0.25, -0.2) is 44.9 Å². The predicted octanol–water partition coefficient (Wildman–Crippen LogP) is 14.0. The van der Waals surface area contributed by atoms with Gasteiger partial charge in [-0.05, 0) is 128 Å². The largest absolute Gasteiger partial charge is 0.445 e. The van der Waals surface area contributed by atoms with E-state index in [1.165, 1.54) is 24.0 Å². The molecule has 3 atom stereocenters. The van der Waals surface area contributed by atoms with E-state index in [0.29, 0.717) is 54.2 Å². The van der Waals surface area contributed by atoms with Gasteiger partial charge in [0.2, 0.25) is 23.7 Å². The smallest absolute Gasteiger partial charge is 0.419 e. The molecule has 0 saturated carbocycles. The number of fused-ring (bicyclic) bond motifs is 3. The monoisotopic (exact) mass is 1330 g/mol. The lowest BCUT2D eigenvalue weighted by Gasteiger charge is -2.36. The zero-order valence-corrected chi connectivity index (χ0v) is 52.2. The van der Waals surface area contributed by atoms with E-state index < -0.39 is 35.2 Å². The van der Waals surface area contributed by atoms with Crippen molar-refractivity contribution in [1.29, 1.82) is 0 Å². The number of nitrogens with zero attached hydrogens (tertiary/aromatic N) is 9. The topological polar surface area (TPSA) is 214 Å². The number of thiazole rings is 1. The maximum absolute atomic E-state index is 13.9. The van der Waals surface area contributed by atoms with Gasteiger partial charge in [0.25, 0.3) is 0 Å². The van der Waals surface area contributed by atoms with E-state index in [1.807, 2.05) is 53.9 Å². The van der Waals surface area contributed by atoms with Gasteiger partial charge in [-0.1, -0.05) is 62.4 Å². The fraction of sp³-hybridized carbons (Fsp3) is 0.338. The van der Waals surface area contributed by atoms with Crippen molar-refractivity contribution >= 4 is 45.9 Å². The van der Waals surface area contributed by atoms with Crippen LogP contribution in [0.15, 0.2) is 137 Å². The van der Waals surface area contributed by atoms with Crippen LogP contribution in [0.5, 0.6) is 0 Å². The number of alkyl halides is 9. The summed E-state index contributed by atoms with van der Waals surface area (Å²) in [4.78, 5) is 37.3. The van der Waals surface area contributed by atoms with Crippen molar-refractivity contribution in [3.63, 3.8) is 0 Å². The van der Waals surface area contributed by atoms with Crippen molar-refractivity contribution in [2.24, 2.45) is 5.41 Å². The first-order chi connectivity index (χ1) is 45.7. The van der Waals surface area contributed by atoms with Crippen molar-refractivity contribution in [3.05, 3.63) is 195 Å². The summed E-state index contributed by atoms with van der Waals surface area (Å²) < 4.78 is 135. The Bertz CT molecular complexity index is 4130. The Kier molecular flexibility index (Phi) is 18.3. The first kappa shape index (κ1) is 64.5. The molecule has 3 aliphatic carbocycles. The summed E-state index contributed by atoms with van der Waals surface area (Å²) in [6.07, 6.45) is 8.42. The zero-order chi connectivity index (χ0) is 66.1. The molecule has 0 spiro atoms. The highest BCUT2D eigenvalue weighted by atomic mass is 32.1.